The van der Waals surface area contributed by atoms with E-state index in [1.54, 1.807) is 47.6 Å². The lowest BCUT2D eigenvalue weighted by Crippen LogP contribution is -2.47. The van der Waals surface area contributed by atoms with Crippen molar-refractivity contribution < 1.29 is 24.2 Å². The molecule has 0 unspecified atom stereocenters. The number of aliphatic hydroxyl groups excluding tert-OH is 1. The molecule has 2 N–H and O–H groups in total. The Morgan fingerprint density at radius 2 is 1.80 bits per heavy atom. The summed E-state index contributed by atoms with van der Waals surface area (Å²) in [4.78, 5) is 35.3. The van der Waals surface area contributed by atoms with Crippen molar-refractivity contribution in [1.29, 1.82) is 0 Å². The number of ether oxygens (including phenoxy) is 2. The zero-order chi connectivity index (χ0) is 31.5. The molecule has 2 aromatic rings. The van der Waals surface area contributed by atoms with E-state index in [0.29, 0.717) is 35.7 Å². The predicted molar refractivity (Wildman–Crippen MR) is 173 cm³/mol. The Labute approximate surface area is 263 Å². The smallest absolute Gasteiger partial charge is 0.258 e. The fraction of sp³-hybridized carbons (Fsp3) is 0.629. The number of likely N-dealkylation sites (N-methyl/N-ethyl adjacent to an activating group) is 1. The Bertz CT molecular complexity index is 1190. The minimum absolute atomic E-state index is 0.0302. The Balaban J connectivity index is 1.59. The molecule has 0 saturated heterocycles. The van der Waals surface area contributed by atoms with Gasteiger partial charge in [-0.25, -0.2) is 0 Å². The molecular formula is C35H52N4O5. The van der Waals surface area contributed by atoms with E-state index in [-0.39, 0.29) is 36.5 Å². The van der Waals surface area contributed by atoms with E-state index in [1.165, 1.54) is 32.1 Å². The van der Waals surface area contributed by atoms with E-state index in [2.05, 4.69) is 29.2 Å². The van der Waals surface area contributed by atoms with Crippen molar-refractivity contribution in [1.82, 2.24) is 14.8 Å². The lowest BCUT2D eigenvalue weighted by molar-refractivity contribution is -0.0190. The average Bonchev–Trinajstić information content (AvgIpc) is 3.03. The first-order valence-corrected chi connectivity index (χ1v) is 16.5. The number of anilines is 1. The first-order valence-electron chi connectivity index (χ1n) is 16.5. The second-order valence-corrected chi connectivity index (χ2v) is 12.9. The summed E-state index contributed by atoms with van der Waals surface area (Å²) in [6.45, 7) is 8.80. The molecule has 1 saturated carbocycles. The monoisotopic (exact) mass is 608 g/mol. The van der Waals surface area contributed by atoms with Gasteiger partial charge >= 0.3 is 0 Å². The van der Waals surface area contributed by atoms with Crippen molar-refractivity contribution >= 4 is 17.5 Å². The van der Waals surface area contributed by atoms with E-state index in [0.717, 1.165) is 38.3 Å². The summed E-state index contributed by atoms with van der Waals surface area (Å²) >= 11 is 0. The summed E-state index contributed by atoms with van der Waals surface area (Å²) in [5.41, 5.74) is 1.33. The lowest BCUT2D eigenvalue weighted by atomic mass is 9.89. The zero-order valence-electron chi connectivity index (χ0n) is 27.0. The summed E-state index contributed by atoms with van der Waals surface area (Å²) in [5.74, 6) is 0.710. The molecule has 1 aliphatic carbocycles. The quantitative estimate of drug-likeness (QED) is 0.400. The molecule has 0 radical (unpaired) electrons. The third-order valence-corrected chi connectivity index (χ3v) is 9.04. The van der Waals surface area contributed by atoms with Crippen molar-refractivity contribution in [3.05, 3.63) is 53.9 Å². The third-order valence-electron chi connectivity index (χ3n) is 9.04. The maximum Gasteiger partial charge on any atom is 0.258 e. The van der Waals surface area contributed by atoms with Crippen molar-refractivity contribution in [2.45, 2.75) is 90.4 Å². The zero-order valence-corrected chi connectivity index (χ0v) is 27.0. The van der Waals surface area contributed by atoms with E-state index in [9.17, 15) is 14.7 Å². The number of amides is 2. The van der Waals surface area contributed by atoms with Crippen molar-refractivity contribution in [3.63, 3.8) is 0 Å². The molecule has 1 aromatic heterocycles. The Morgan fingerprint density at radius 1 is 1.07 bits per heavy atom. The summed E-state index contributed by atoms with van der Waals surface area (Å²) in [7, 11) is 2.19. The van der Waals surface area contributed by atoms with E-state index in [1.807, 2.05) is 13.8 Å². The molecule has 1 fully saturated rings. The number of benzene rings is 1. The fourth-order valence-corrected chi connectivity index (χ4v) is 6.36. The van der Waals surface area contributed by atoms with Crippen LogP contribution in [0.4, 0.5) is 5.69 Å². The van der Waals surface area contributed by atoms with Gasteiger partial charge in [-0.1, -0.05) is 26.2 Å². The molecule has 4 rings (SSSR count). The topological polar surface area (TPSA) is 104 Å². The van der Waals surface area contributed by atoms with Gasteiger partial charge in [0.2, 0.25) is 0 Å². The molecular weight excluding hydrogens is 556 g/mol. The molecule has 0 bridgehead atoms. The van der Waals surface area contributed by atoms with Gasteiger partial charge in [-0.15, -0.1) is 0 Å². The summed E-state index contributed by atoms with van der Waals surface area (Å²) < 4.78 is 12.8. The van der Waals surface area contributed by atoms with Crippen molar-refractivity contribution in [2.75, 3.05) is 45.2 Å². The highest BCUT2D eigenvalue weighted by Crippen LogP contribution is 2.29. The van der Waals surface area contributed by atoms with Crippen LogP contribution in [0, 0.1) is 11.8 Å². The highest BCUT2D eigenvalue weighted by Gasteiger charge is 2.31. The van der Waals surface area contributed by atoms with Crippen LogP contribution in [0.1, 0.15) is 92.9 Å². The van der Waals surface area contributed by atoms with Crippen molar-refractivity contribution in [3.8, 4) is 5.75 Å². The molecule has 0 spiro atoms. The van der Waals surface area contributed by atoms with Gasteiger partial charge in [0.1, 0.15) is 5.75 Å². The third kappa shape index (κ3) is 9.74. The maximum atomic E-state index is 14.3. The second-order valence-electron chi connectivity index (χ2n) is 12.9. The van der Waals surface area contributed by atoms with Crippen molar-refractivity contribution in [2.24, 2.45) is 11.8 Å². The normalized spacial score (nSPS) is 23.4. The molecule has 44 heavy (non-hydrogen) atoms. The van der Waals surface area contributed by atoms with E-state index >= 15 is 0 Å². The highest BCUT2D eigenvalue weighted by molar-refractivity contribution is 6.05. The van der Waals surface area contributed by atoms with Crippen LogP contribution in [0.25, 0.3) is 0 Å². The van der Waals surface area contributed by atoms with Gasteiger partial charge in [0.25, 0.3) is 11.8 Å². The number of hydrogen-bond acceptors (Lipinski definition) is 7. The maximum absolute atomic E-state index is 14.3. The number of carbonyl (C=O) groups is 2. The Morgan fingerprint density at radius 3 is 2.52 bits per heavy atom. The first-order chi connectivity index (χ1) is 21.2. The van der Waals surface area contributed by atoms with Crippen LogP contribution in [0.2, 0.25) is 0 Å². The van der Waals surface area contributed by atoms with Gasteiger partial charge < -0.3 is 29.7 Å². The van der Waals surface area contributed by atoms with Gasteiger partial charge in [0.05, 0.1) is 30.4 Å². The molecule has 9 heteroatoms. The molecule has 1 aromatic carbocycles. The molecule has 9 nitrogen and oxygen atoms in total. The molecule has 1 aliphatic heterocycles. The number of nitrogens with zero attached hydrogens (tertiary/aromatic N) is 3. The Kier molecular flexibility index (Phi) is 13.0. The number of nitrogens with one attached hydrogen (secondary N) is 1. The van der Waals surface area contributed by atoms with E-state index in [4.69, 9.17) is 9.47 Å². The first kappa shape index (κ1) is 33.9. The lowest BCUT2D eigenvalue weighted by Gasteiger charge is -2.36. The number of pyridine rings is 1. The minimum Gasteiger partial charge on any atom is -0.490 e. The van der Waals surface area contributed by atoms with Crippen LogP contribution < -0.4 is 10.1 Å². The number of aromatic nitrogens is 1. The fourth-order valence-electron chi connectivity index (χ4n) is 6.36. The van der Waals surface area contributed by atoms with Gasteiger partial charge in [-0.2, -0.15) is 0 Å². The van der Waals surface area contributed by atoms with E-state index < -0.39 is 6.04 Å². The van der Waals surface area contributed by atoms with Crippen LogP contribution in [-0.4, -0.2) is 89.9 Å². The number of aliphatic hydroxyl groups is 1. The largest absolute Gasteiger partial charge is 0.490 e. The highest BCUT2D eigenvalue weighted by atomic mass is 16.5. The SMILES string of the molecule is C[C@@H]1CCCCO[C@@H](CN(C)CC2CCCCC2)[C@H](C)CN([C@@H](C)CO)C(=O)c2cc(NC(=O)c3ccncc3)ccc2O1. The standard InChI is InChI=1S/C35H52N4O5/c1-25-21-39(26(2)24-40)35(42)31-20-30(37-34(41)29-15-17-36-18-16-29)13-14-32(31)44-27(3)10-8-9-19-43-33(25)23-38(4)22-28-11-6-5-7-12-28/h13-18,20,25-28,33,40H,5-12,19,21-24H2,1-4H3,(H,37,41)/t25-,26+,27-,33+/m1/s1. The number of rotatable bonds is 8. The molecule has 2 heterocycles. The number of hydrogen-bond donors (Lipinski definition) is 2. The van der Waals surface area contributed by atoms with Gasteiger partial charge in [0, 0.05) is 55.8 Å². The Hall–Kier alpha value is -3.01. The van der Waals surface area contributed by atoms with Gasteiger partial charge in [-0.3, -0.25) is 14.6 Å². The van der Waals surface area contributed by atoms with Gasteiger partial charge in [0.15, 0.2) is 0 Å². The van der Waals surface area contributed by atoms with Crippen LogP contribution >= 0.6 is 0 Å². The summed E-state index contributed by atoms with van der Waals surface area (Å²) in [6.07, 6.45) is 12.3. The minimum atomic E-state index is -0.418. The molecule has 242 valence electrons. The average molecular weight is 609 g/mol. The van der Waals surface area contributed by atoms with Gasteiger partial charge in [-0.05, 0) is 89.2 Å². The second kappa shape index (κ2) is 16.9. The van der Waals surface area contributed by atoms with Crippen LogP contribution in [0.5, 0.6) is 5.75 Å². The van der Waals surface area contributed by atoms with Crippen LogP contribution in [-0.2, 0) is 4.74 Å². The molecule has 4 atom stereocenters. The number of fused-ring (bicyclic) bond motifs is 1. The summed E-state index contributed by atoms with van der Waals surface area (Å²) in [6, 6.07) is 8.07. The summed E-state index contributed by atoms with van der Waals surface area (Å²) in [5, 5.41) is 13.1. The molecule has 2 aliphatic rings. The number of carbonyl (C=O) groups excluding carboxylic acids is 2. The predicted octanol–water partition coefficient (Wildman–Crippen LogP) is 5.64. The van der Waals surface area contributed by atoms with Crippen LogP contribution in [0.3, 0.4) is 0 Å². The van der Waals surface area contributed by atoms with Crippen LogP contribution in [0.15, 0.2) is 42.7 Å². The molecule has 2 amide bonds.